The van der Waals surface area contributed by atoms with Gasteiger partial charge in [-0.3, -0.25) is 24.1 Å². The summed E-state index contributed by atoms with van der Waals surface area (Å²) in [5, 5.41) is 5.04. The first-order chi connectivity index (χ1) is 10.5. The third kappa shape index (κ3) is 5.80. The van der Waals surface area contributed by atoms with Crippen molar-refractivity contribution in [2.75, 3.05) is 32.8 Å². The maximum Gasteiger partial charge on any atom is 0.239 e. The fourth-order valence-corrected chi connectivity index (χ4v) is 2.03. The first-order valence-electron chi connectivity index (χ1n) is 7.41. The average Bonchev–Trinajstić information content (AvgIpc) is 2.71. The summed E-state index contributed by atoms with van der Waals surface area (Å²) in [4.78, 5) is 46.9. The van der Waals surface area contributed by atoms with Crippen molar-refractivity contribution < 1.29 is 23.9 Å². The Kier molecular flexibility index (Phi) is 7.51. The van der Waals surface area contributed by atoms with Crippen molar-refractivity contribution >= 4 is 23.6 Å². The summed E-state index contributed by atoms with van der Waals surface area (Å²) in [6.45, 7) is 4.57. The largest absolute Gasteiger partial charge is 0.379 e. The van der Waals surface area contributed by atoms with E-state index in [9.17, 15) is 19.2 Å². The van der Waals surface area contributed by atoms with Gasteiger partial charge < -0.3 is 15.4 Å². The van der Waals surface area contributed by atoms with Gasteiger partial charge in [-0.25, -0.2) is 0 Å². The number of carbonyl (C=O) groups is 4. The van der Waals surface area contributed by atoms with Crippen LogP contribution in [-0.4, -0.2) is 61.4 Å². The number of likely N-dealkylation sites (tertiary alicyclic amines) is 1. The summed E-state index contributed by atoms with van der Waals surface area (Å²) >= 11 is 0. The third-order valence-corrected chi connectivity index (χ3v) is 3.22. The van der Waals surface area contributed by atoms with Gasteiger partial charge in [0.1, 0.15) is 0 Å². The number of amides is 4. The van der Waals surface area contributed by atoms with Crippen LogP contribution in [-0.2, 0) is 23.9 Å². The number of ether oxygens (including phenoxy) is 1. The second-order valence-electron chi connectivity index (χ2n) is 5.08. The van der Waals surface area contributed by atoms with Crippen molar-refractivity contribution in [1.82, 2.24) is 15.5 Å². The van der Waals surface area contributed by atoms with Gasteiger partial charge in [0.15, 0.2) is 0 Å². The molecule has 1 aliphatic heterocycles. The lowest BCUT2D eigenvalue weighted by atomic mass is 10.1. The van der Waals surface area contributed by atoms with Crippen LogP contribution in [0.2, 0.25) is 0 Å². The molecule has 1 aliphatic rings. The van der Waals surface area contributed by atoms with Crippen molar-refractivity contribution in [1.29, 1.82) is 0 Å². The van der Waals surface area contributed by atoms with Crippen LogP contribution in [0.3, 0.4) is 0 Å². The molecule has 0 bridgehead atoms. The molecule has 1 fully saturated rings. The Morgan fingerprint density at radius 2 is 1.95 bits per heavy atom. The van der Waals surface area contributed by atoms with E-state index in [0.29, 0.717) is 6.54 Å². The summed E-state index contributed by atoms with van der Waals surface area (Å²) in [6.07, 6.45) is 0.374. The van der Waals surface area contributed by atoms with Gasteiger partial charge in [-0.05, 0) is 6.92 Å². The molecule has 1 saturated heterocycles. The zero-order valence-electron chi connectivity index (χ0n) is 13.0. The minimum absolute atomic E-state index is 0.0542. The van der Waals surface area contributed by atoms with Gasteiger partial charge in [0.25, 0.3) is 0 Å². The molecule has 0 saturated carbocycles. The van der Waals surface area contributed by atoms with Crippen LogP contribution in [0.25, 0.3) is 0 Å². The monoisotopic (exact) mass is 313 g/mol. The highest BCUT2D eigenvalue weighted by Gasteiger charge is 2.34. The number of carbonyl (C=O) groups excluding carboxylic acids is 4. The molecular formula is C14H23N3O5. The van der Waals surface area contributed by atoms with Gasteiger partial charge in [-0.2, -0.15) is 0 Å². The number of nitrogens with zero attached hydrogens (tertiary/aromatic N) is 1. The molecule has 1 heterocycles. The van der Waals surface area contributed by atoms with Crippen molar-refractivity contribution in [3.8, 4) is 0 Å². The van der Waals surface area contributed by atoms with E-state index in [2.05, 4.69) is 10.6 Å². The molecule has 0 spiro atoms. The zero-order valence-corrected chi connectivity index (χ0v) is 13.0. The lowest BCUT2D eigenvalue weighted by Crippen LogP contribution is -2.37. The highest BCUT2D eigenvalue weighted by molar-refractivity contribution is 6.03. The molecule has 8 nitrogen and oxygen atoms in total. The molecule has 22 heavy (non-hydrogen) atoms. The number of hydrogen-bond donors (Lipinski definition) is 2. The third-order valence-electron chi connectivity index (χ3n) is 3.22. The van der Waals surface area contributed by atoms with Crippen molar-refractivity contribution in [3.63, 3.8) is 0 Å². The molecule has 0 aliphatic carbocycles. The highest BCUT2D eigenvalue weighted by atomic mass is 16.5. The predicted molar refractivity (Wildman–Crippen MR) is 77.6 cm³/mol. The molecule has 8 heteroatoms. The van der Waals surface area contributed by atoms with E-state index in [1.165, 1.54) is 4.90 Å². The fraction of sp³-hybridized carbons (Fsp3) is 0.714. The van der Waals surface area contributed by atoms with Gasteiger partial charge >= 0.3 is 0 Å². The molecule has 2 N–H and O–H groups in total. The summed E-state index contributed by atoms with van der Waals surface area (Å²) in [7, 11) is 0. The van der Waals surface area contributed by atoms with E-state index in [4.69, 9.17) is 4.74 Å². The number of nitrogens with one attached hydrogen (secondary N) is 2. The van der Waals surface area contributed by atoms with Crippen LogP contribution >= 0.6 is 0 Å². The Bertz CT molecular complexity index is 438. The van der Waals surface area contributed by atoms with Gasteiger partial charge in [0.2, 0.25) is 23.6 Å². The smallest absolute Gasteiger partial charge is 0.239 e. The van der Waals surface area contributed by atoms with E-state index in [0.717, 1.165) is 0 Å². The van der Waals surface area contributed by atoms with Gasteiger partial charge in [0.05, 0.1) is 26.3 Å². The molecular weight excluding hydrogens is 290 g/mol. The second kappa shape index (κ2) is 9.14. The maximum absolute atomic E-state index is 11.6. The van der Waals surface area contributed by atoms with Gasteiger partial charge in [-0.15, -0.1) is 0 Å². The average molecular weight is 313 g/mol. The molecule has 0 aromatic carbocycles. The van der Waals surface area contributed by atoms with Crippen molar-refractivity contribution in [2.24, 2.45) is 5.92 Å². The van der Waals surface area contributed by atoms with Crippen LogP contribution in [0, 0.1) is 5.92 Å². The highest BCUT2D eigenvalue weighted by Crippen LogP contribution is 2.17. The number of hydrogen-bond acceptors (Lipinski definition) is 5. The Balaban J connectivity index is 2.08. The molecule has 0 radical (unpaired) electrons. The molecule has 0 aromatic rings. The van der Waals surface area contributed by atoms with E-state index in [1.54, 1.807) is 13.8 Å². The van der Waals surface area contributed by atoms with Crippen molar-refractivity contribution in [3.05, 3.63) is 0 Å². The van der Waals surface area contributed by atoms with E-state index in [-0.39, 0.29) is 68.7 Å². The molecule has 1 unspecified atom stereocenters. The number of likely N-dealkylation sites (N-methyl/N-ethyl adjacent to an activating group) is 1. The molecule has 0 aromatic heterocycles. The van der Waals surface area contributed by atoms with Crippen LogP contribution in [0.4, 0.5) is 0 Å². The van der Waals surface area contributed by atoms with Gasteiger partial charge in [0, 0.05) is 25.3 Å². The SMILES string of the molecule is CCNC(=O)CNC(=O)CCOCCN1C(=O)CC(C)C1=O. The molecule has 1 atom stereocenters. The topological polar surface area (TPSA) is 105 Å². The summed E-state index contributed by atoms with van der Waals surface area (Å²) in [5.41, 5.74) is 0. The molecule has 1 rings (SSSR count). The minimum atomic E-state index is -0.284. The lowest BCUT2D eigenvalue weighted by Gasteiger charge is -2.14. The second-order valence-corrected chi connectivity index (χ2v) is 5.08. The number of rotatable bonds is 9. The summed E-state index contributed by atoms with van der Waals surface area (Å²) in [5.74, 6) is -1.13. The van der Waals surface area contributed by atoms with Gasteiger partial charge in [-0.1, -0.05) is 6.92 Å². The van der Waals surface area contributed by atoms with Crippen LogP contribution in [0.15, 0.2) is 0 Å². The first kappa shape index (κ1) is 18.1. The lowest BCUT2D eigenvalue weighted by molar-refractivity contribution is -0.140. The Hall–Kier alpha value is -1.96. The number of imide groups is 1. The van der Waals surface area contributed by atoms with E-state index >= 15 is 0 Å². The first-order valence-corrected chi connectivity index (χ1v) is 7.41. The fourth-order valence-electron chi connectivity index (χ4n) is 2.03. The van der Waals surface area contributed by atoms with Crippen LogP contribution < -0.4 is 10.6 Å². The van der Waals surface area contributed by atoms with Crippen molar-refractivity contribution in [2.45, 2.75) is 26.7 Å². The Morgan fingerprint density at radius 3 is 2.55 bits per heavy atom. The quantitative estimate of drug-likeness (QED) is 0.421. The Labute approximate surface area is 129 Å². The zero-order chi connectivity index (χ0) is 16.5. The standard InChI is InChI=1S/C14H23N3O5/c1-3-15-12(19)9-16-11(18)4-6-22-7-5-17-13(20)8-10(2)14(17)21/h10H,3-9H2,1-2H3,(H,15,19)(H,16,18). The van der Waals surface area contributed by atoms with Crippen LogP contribution in [0.1, 0.15) is 26.7 Å². The van der Waals surface area contributed by atoms with E-state index < -0.39 is 0 Å². The van der Waals surface area contributed by atoms with Crippen LogP contribution in [0.5, 0.6) is 0 Å². The van der Waals surface area contributed by atoms with E-state index in [1.807, 2.05) is 0 Å². The normalized spacial score (nSPS) is 17.7. The molecule has 4 amide bonds. The predicted octanol–water partition coefficient (Wildman–Crippen LogP) is -0.960. The Morgan fingerprint density at radius 1 is 1.23 bits per heavy atom. The summed E-state index contributed by atoms with van der Waals surface area (Å²) in [6, 6.07) is 0. The molecule has 124 valence electrons. The minimum Gasteiger partial charge on any atom is -0.379 e. The summed E-state index contributed by atoms with van der Waals surface area (Å²) < 4.78 is 5.24. The maximum atomic E-state index is 11.6.